The van der Waals surface area contributed by atoms with Gasteiger partial charge in [-0.1, -0.05) is 46.5 Å². The zero-order valence-corrected chi connectivity index (χ0v) is 21.7. The largest absolute Gasteiger partial charge is 0.487 e. The minimum atomic E-state index is -0.323. The predicted octanol–water partition coefficient (Wildman–Crippen LogP) is 6.42. The van der Waals surface area contributed by atoms with E-state index < -0.39 is 0 Å². The van der Waals surface area contributed by atoms with Crippen LogP contribution in [0.15, 0.2) is 12.1 Å². The first kappa shape index (κ1) is 25.6. The van der Waals surface area contributed by atoms with Gasteiger partial charge in [0.1, 0.15) is 17.1 Å². The molecule has 1 aromatic rings. The van der Waals surface area contributed by atoms with Crippen molar-refractivity contribution in [2.75, 3.05) is 0 Å². The lowest BCUT2D eigenvalue weighted by Crippen LogP contribution is -2.50. The van der Waals surface area contributed by atoms with Gasteiger partial charge >= 0.3 is 5.97 Å². The molecule has 0 spiro atoms. The Balaban J connectivity index is 2.02. The van der Waals surface area contributed by atoms with Crippen molar-refractivity contribution in [3.05, 3.63) is 23.3 Å². The van der Waals surface area contributed by atoms with Crippen LogP contribution in [0.1, 0.15) is 117 Å². The van der Waals surface area contributed by atoms with Crippen molar-refractivity contribution in [1.82, 2.24) is 5.32 Å². The Morgan fingerprint density at radius 3 is 2.52 bits per heavy atom. The molecule has 5 nitrogen and oxygen atoms in total. The first-order valence-corrected chi connectivity index (χ1v) is 12.8. The molecule has 184 valence electrons. The Morgan fingerprint density at radius 2 is 1.88 bits per heavy atom. The van der Waals surface area contributed by atoms with Crippen LogP contribution < -0.4 is 14.8 Å². The van der Waals surface area contributed by atoms with Crippen LogP contribution in [0.5, 0.6) is 11.5 Å². The molecule has 33 heavy (non-hydrogen) atoms. The summed E-state index contributed by atoms with van der Waals surface area (Å²) >= 11 is 0. The quantitative estimate of drug-likeness (QED) is 0.278. The van der Waals surface area contributed by atoms with Crippen molar-refractivity contribution >= 4 is 11.9 Å². The van der Waals surface area contributed by atoms with E-state index in [1.807, 2.05) is 0 Å². The second kappa shape index (κ2) is 10.1. The molecule has 5 heteroatoms. The number of nitrogens with one attached hydrogen (secondary N) is 1. The highest BCUT2D eigenvalue weighted by atomic mass is 16.5. The van der Waals surface area contributed by atoms with Crippen LogP contribution in [0.4, 0.5) is 0 Å². The summed E-state index contributed by atoms with van der Waals surface area (Å²) in [5, 5.41) is 3.11. The van der Waals surface area contributed by atoms with E-state index in [9.17, 15) is 9.59 Å². The SMILES string of the molecule is CCCCCCC(C)(C)c1cc(OC(C)=O)c2c(c1)OC(C)(C)C1CCC(NC(C)=O)CC21. The van der Waals surface area contributed by atoms with Gasteiger partial charge in [0.2, 0.25) is 5.91 Å². The van der Waals surface area contributed by atoms with Gasteiger partial charge in [0, 0.05) is 31.4 Å². The molecule has 1 aliphatic heterocycles. The number of benzene rings is 1. The minimum Gasteiger partial charge on any atom is -0.487 e. The molecule has 0 saturated heterocycles. The van der Waals surface area contributed by atoms with Gasteiger partial charge in [-0.15, -0.1) is 0 Å². The Kier molecular flexibility index (Phi) is 7.80. The topological polar surface area (TPSA) is 64.6 Å². The monoisotopic (exact) mass is 457 g/mol. The number of carbonyl (C=O) groups is 2. The zero-order chi connectivity index (χ0) is 24.4. The summed E-state index contributed by atoms with van der Waals surface area (Å²) in [6.07, 6.45) is 8.70. The van der Waals surface area contributed by atoms with E-state index in [1.54, 1.807) is 6.92 Å². The lowest BCUT2D eigenvalue weighted by Gasteiger charge is -2.49. The highest BCUT2D eigenvalue weighted by Crippen LogP contribution is 2.55. The number of unbranched alkanes of at least 4 members (excludes halogenated alkanes) is 3. The number of hydrogen-bond donors (Lipinski definition) is 1. The van der Waals surface area contributed by atoms with Crippen LogP contribution in [0.3, 0.4) is 0 Å². The summed E-state index contributed by atoms with van der Waals surface area (Å²) in [7, 11) is 0. The Morgan fingerprint density at radius 1 is 1.15 bits per heavy atom. The van der Waals surface area contributed by atoms with Gasteiger partial charge in [-0.2, -0.15) is 0 Å². The molecule has 1 N–H and O–H groups in total. The number of esters is 1. The summed E-state index contributed by atoms with van der Waals surface area (Å²) in [6.45, 7) is 14.1. The van der Waals surface area contributed by atoms with Gasteiger partial charge in [-0.3, -0.25) is 9.59 Å². The number of rotatable bonds is 8. The molecule has 2 aliphatic rings. The molecule has 1 aliphatic carbocycles. The number of ether oxygens (including phenoxy) is 2. The second-order valence-corrected chi connectivity index (χ2v) is 11.3. The summed E-state index contributed by atoms with van der Waals surface area (Å²) in [4.78, 5) is 23.8. The number of carbonyl (C=O) groups excluding carboxylic acids is 2. The summed E-state index contributed by atoms with van der Waals surface area (Å²) in [5.74, 6) is 1.63. The van der Waals surface area contributed by atoms with Crippen LogP contribution in [0, 0.1) is 5.92 Å². The molecule has 3 atom stereocenters. The Hall–Kier alpha value is -2.04. The van der Waals surface area contributed by atoms with Crippen LogP contribution in [0.25, 0.3) is 0 Å². The smallest absolute Gasteiger partial charge is 0.308 e. The van der Waals surface area contributed by atoms with Crippen molar-refractivity contribution in [3.63, 3.8) is 0 Å². The molecule has 1 fully saturated rings. The average molecular weight is 458 g/mol. The fraction of sp³-hybridized carbons (Fsp3) is 0.714. The van der Waals surface area contributed by atoms with Gasteiger partial charge in [0.05, 0.1) is 0 Å². The number of amides is 1. The molecule has 1 heterocycles. The maximum absolute atomic E-state index is 12.1. The van der Waals surface area contributed by atoms with E-state index in [1.165, 1.54) is 32.6 Å². The van der Waals surface area contributed by atoms with Crippen molar-refractivity contribution in [1.29, 1.82) is 0 Å². The van der Waals surface area contributed by atoms with E-state index in [2.05, 4.69) is 52.1 Å². The van der Waals surface area contributed by atoms with Crippen LogP contribution in [-0.4, -0.2) is 23.5 Å². The molecular formula is C28H43NO4. The van der Waals surface area contributed by atoms with Crippen molar-refractivity contribution < 1.29 is 19.1 Å². The zero-order valence-electron chi connectivity index (χ0n) is 21.7. The van der Waals surface area contributed by atoms with Gasteiger partial charge < -0.3 is 14.8 Å². The lowest BCUT2D eigenvalue weighted by atomic mass is 9.65. The molecule has 1 saturated carbocycles. The van der Waals surface area contributed by atoms with E-state index >= 15 is 0 Å². The molecule has 1 aromatic carbocycles. The summed E-state index contributed by atoms with van der Waals surface area (Å²) in [6, 6.07) is 4.38. The number of hydrogen-bond acceptors (Lipinski definition) is 4. The van der Waals surface area contributed by atoms with Gasteiger partial charge in [-0.25, -0.2) is 0 Å². The van der Waals surface area contributed by atoms with E-state index in [-0.39, 0.29) is 34.9 Å². The minimum absolute atomic E-state index is 0.00498. The third kappa shape index (κ3) is 5.91. The maximum Gasteiger partial charge on any atom is 0.308 e. The van der Waals surface area contributed by atoms with E-state index in [0.29, 0.717) is 11.7 Å². The molecule has 1 amide bonds. The predicted molar refractivity (Wildman–Crippen MR) is 132 cm³/mol. The molecule has 0 aromatic heterocycles. The normalized spacial score (nSPS) is 23.7. The molecule has 0 radical (unpaired) electrons. The third-order valence-electron chi connectivity index (χ3n) is 7.69. The van der Waals surface area contributed by atoms with Crippen LogP contribution >= 0.6 is 0 Å². The van der Waals surface area contributed by atoms with Gasteiger partial charge in [-0.05, 0) is 68.6 Å². The Bertz CT molecular complexity index is 873. The Labute approximate surface area is 200 Å². The summed E-state index contributed by atoms with van der Waals surface area (Å²) in [5.41, 5.74) is 1.77. The third-order valence-corrected chi connectivity index (χ3v) is 7.69. The van der Waals surface area contributed by atoms with Crippen molar-refractivity contribution in [2.45, 2.75) is 123 Å². The highest BCUT2D eigenvalue weighted by Gasteiger charge is 2.48. The molecule has 0 bridgehead atoms. The van der Waals surface area contributed by atoms with E-state index in [0.717, 1.165) is 42.6 Å². The average Bonchev–Trinajstić information content (AvgIpc) is 2.69. The lowest BCUT2D eigenvalue weighted by molar-refractivity contribution is -0.132. The van der Waals surface area contributed by atoms with E-state index in [4.69, 9.17) is 9.47 Å². The molecule has 3 rings (SSSR count). The maximum atomic E-state index is 12.1. The van der Waals surface area contributed by atoms with Crippen molar-refractivity contribution in [2.24, 2.45) is 5.92 Å². The second-order valence-electron chi connectivity index (χ2n) is 11.3. The first-order chi connectivity index (χ1) is 15.4. The highest BCUT2D eigenvalue weighted by molar-refractivity contribution is 5.73. The fourth-order valence-corrected chi connectivity index (χ4v) is 5.92. The fourth-order valence-electron chi connectivity index (χ4n) is 5.92. The standard InChI is InChI=1S/C28H43NO4/c1-8-9-10-11-14-27(4,5)20-15-24(32-19(3)31)26-22-17-21(29-18(2)30)12-13-23(22)28(6,7)33-25(26)16-20/h15-16,21-23H,8-14,17H2,1-7H3,(H,29,30). The summed E-state index contributed by atoms with van der Waals surface area (Å²) < 4.78 is 12.4. The molecular weight excluding hydrogens is 414 g/mol. The molecule has 3 unspecified atom stereocenters. The van der Waals surface area contributed by atoms with Gasteiger partial charge in [0.15, 0.2) is 0 Å². The van der Waals surface area contributed by atoms with Crippen LogP contribution in [0.2, 0.25) is 0 Å². The van der Waals surface area contributed by atoms with Crippen LogP contribution in [-0.2, 0) is 15.0 Å². The van der Waals surface area contributed by atoms with Crippen molar-refractivity contribution in [3.8, 4) is 11.5 Å². The first-order valence-electron chi connectivity index (χ1n) is 12.8. The van der Waals surface area contributed by atoms with Gasteiger partial charge in [0.25, 0.3) is 0 Å². The number of fused-ring (bicyclic) bond motifs is 3.